The first-order valence-corrected chi connectivity index (χ1v) is 7.69. The van der Waals surface area contributed by atoms with E-state index in [-0.39, 0.29) is 6.04 Å². The van der Waals surface area contributed by atoms with E-state index in [1.54, 1.807) is 0 Å². The van der Waals surface area contributed by atoms with Crippen molar-refractivity contribution in [1.82, 2.24) is 4.72 Å². The standard InChI is InChI=1S/C8H17NO2S2/c1-12-8-5-3-7(4-6-8)9-13(2,10)11/h7-9H,3-6H2,1-2H3. The van der Waals surface area contributed by atoms with Crippen LogP contribution in [0.25, 0.3) is 0 Å². The maximum absolute atomic E-state index is 10.9. The summed E-state index contributed by atoms with van der Waals surface area (Å²) < 4.78 is 24.5. The van der Waals surface area contributed by atoms with Crippen LogP contribution in [0.3, 0.4) is 0 Å². The molecule has 0 aromatic rings. The molecule has 0 aromatic carbocycles. The predicted molar refractivity (Wildman–Crippen MR) is 57.5 cm³/mol. The number of thioether (sulfide) groups is 1. The fraction of sp³-hybridized carbons (Fsp3) is 1.00. The Balaban J connectivity index is 2.33. The third-order valence-electron chi connectivity index (χ3n) is 2.39. The highest BCUT2D eigenvalue weighted by Gasteiger charge is 2.22. The maximum Gasteiger partial charge on any atom is 0.208 e. The summed E-state index contributed by atoms with van der Waals surface area (Å²) in [6.45, 7) is 0. The van der Waals surface area contributed by atoms with E-state index in [4.69, 9.17) is 0 Å². The predicted octanol–water partition coefficient (Wildman–Crippen LogP) is 1.21. The zero-order valence-electron chi connectivity index (χ0n) is 8.12. The molecule has 5 heteroatoms. The van der Waals surface area contributed by atoms with Crippen LogP contribution in [0.4, 0.5) is 0 Å². The van der Waals surface area contributed by atoms with Gasteiger partial charge < -0.3 is 0 Å². The van der Waals surface area contributed by atoms with Gasteiger partial charge in [0, 0.05) is 11.3 Å². The van der Waals surface area contributed by atoms with Crippen molar-refractivity contribution in [3.8, 4) is 0 Å². The Labute approximate surface area is 84.7 Å². The second kappa shape index (κ2) is 4.66. The summed E-state index contributed by atoms with van der Waals surface area (Å²) in [5, 5.41) is 0.734. The van der Waals surface area contributed by atoms with Crippen molar-refractivity contribution in [3.05, 3.63) is 0 Å². The Bertz CT molecular complexity index is 243. The van der Waals surface area contributed by atoms with Crippen LogP contribution in [-0.4, -0.2) is 32.2 Å². The van der Waals surface area contributed by atoms with Crippen molar-refractivity contribution in [1.29, 1.82) is 0 Å². The topological polar surface area (TPSA) is 46.2 Å². The normalized spacial score (nSPS) is 30.3. The summed E-state index contributed by atoms with van der Waals surface area (Å²) in [6, 6.07) is 0.179. The van der Waals surface area contributed by atoms with Gasteiger partial charge in [0.15, 0.2) is 0 Å². The minimum absolute atomic E-state index is 0.179. The molecule has 13 heavy (non-hydrogen) atoms. The summed E-state index contributed by atoms with van der Waals surface area (Å²) in [4.78, 5) is 0. The van der Waals surface area contributed by atoms with Crippen LogP contribution in [0.5, 0.6) is 0 Å². The van der Waals surface area contributed by atoms with Gasteiger partial charge in [-0.1, -0.05) is 0 Å². The van der Waals surface area contributed by atoms with Gasteiger partial charge in [0.2, 0.25) is 10.0 Å². The van der Waals surface area contributed by atoms with Crippen LogP contribution in [-0.2, 0) is 10.0 Å². The molecule has 78 valence electrons. The second-order valence-corrected chi connectivity index (χ2v) is 6.52. The van der Waals surface area contributed by atoms with Crippen LogP contribution in [0.15, 0.2) is 0 Å². The first kappa shape index (κ1) is 11.3. The third kappa shape index (κ3) is 4.33. The molecule has 1 fully saturated rings. The molecule has 0 saturated heterocycles. The molecule has 0 amide bonds. The number of hydrogen-bond acceptors (Lipinski definition) is 3. The third-order valence-corrected chi connectivity index (χ3v) is 4.29. The largest absolute Gasteiger partial charge is 0.213 e. The van der Waals surface area contributed by atoms with Crippen molar-refractivity contribution in [2.45, 2.75) is 37.0 Å². The molecule has 1 rings (SSSR count). The van der Waals surface area contributed by atoms with Gasteiger partial charge in [0.05, 0.1) is 6.26 Å². The molecule has 0 atom stereocenters. The summed E-state index contributed by atoms with van der Waals surface area (Å²) in [5.41, 5.74) is 0. The van der Waals surface area contributed by atoms with Gasteiger partial charge >= 0.3 is 0 Å². The lowest BCUT2D eigenvalue weighted by molar-refractivity contribution is 0.421. The Kier molecular flexibility index (Phi) is 4.06. The minimum Gasteiger partial charge on any atom is -0.213 e. The molecule has 1 aliphatic rings. The lowest BCUT2D eigenvalue weighted by atomic mass is 9.96. The Morgan fingerprint density at radius 3 is 2.15 bits per heavy atom. The summed E-state index contributed by atoms with van der Waals surface area (Å²) in [5.74, 6) is 0. The molecule has 1 saturated carbocycles. The molecule has 0 bridgehead atoms. The van der Waals surface area contributed by atoms with Gasteiger partial charge in [-0.3, -0.25) is 0 Å². The Morgan fingerprint density at radius 2 is 1.77 bits per heavy atom. The molecule has 0 radical (unpaired) electrons. The van der Waals surface area contributed by atoms with Crippen LogP contribution in [0.1, 0.15) is 25.7 Å². The van der Waals surface area contributed by atoms with Gasteiger partial charge in [-0.2, -0.15) is 11.8 Å². The van der Waals surface area contributed by atoms with E-state index < -0.39 is 10.0 Å². The van der Waals surface area contributed by atoms with Gasteiger partial charge in [-0.25, -0.2) is 13.1 Å². The number of hydrogen-bond donors (Lipinski definition) is 1. The SMILES string of the molecule is CSC1CCC(NS(C)(=O)=O)CC1. The highest BCUT2D eigenvalue weighted by Crippen LogP contribution is 2.26. The van der Waals surface area contributed by atoms with Crippen molar-refractivity contribution in [3.63, 3.8) is 0 Å². The van der Waals surface area contributed by atoms with Crippen LogP contribution in [0, 0.1) is 0 Å². The number of rotatable bonds is 3. The highest BCUT2D eigenvalue weighted by molar-refractivity contribution is 7.99. The van der Waals surface area contributed by atoms with E-state index in [0.29, 0.717) is 0 Å². The average Bonchev–Trinajstić information content (AvgIpc) is 2.03. The Hall–Kier alpha value is 0.260. The van der Waals surface area contributed by atoms with E-state index >= 15 is 0 Å². The molecule has 3 nitrogen and oxygen atoms in total. The van der Waals surface area contributed by atoms with Crippen molar-refractivity contribution >= 4 is 21.8 Å². The van der Waals surface area contributed by atoms with E-state index in [1.807, 2.05) is 11.8 Å². The van der Waals surface area contributed by atoms with Gasteiger partial charge in [-0.05, 0) is 31.9 Å². The first-order valence-electron chi connectivity index (χ1n) is 4.51. The zero-order valence-corrected chi connectivity index (χ0v) is 9.75. The fourth-order valence-corrected chi connectivity index (χ4v) is 3.30. The molecule has 0 aliphatic heterocycles. The second-order valence-electron chi connectivity index (χ2n) is 3.60. The van der Waals surface area contributed by atoms with Crippen LogP contribution >= 0.6 is 11.8 Å². The summed E-state index contributed by atoms with van der Waals surface area (Å²) in [7, 11) is -3.00. The van der Waals surface area contributed by atoms with Gasteiger partial charge in [0.1, 0.15) is 0 Å². The van der Waals surface area contributed by atoms with E-state index in [2.05, 4.69) is 11.0 Å². The van der Waals surface area contributed by atoms with Crippen LogP contribution < -0.4 is 4.72 Å². The Morgan fingerprint density at radius 1 is 1.23 bits per heavy atom. The molecule has 0 spiro atoms. The summed E-state index contributed by atoms with van der Waals surface area (Å²) in [6.07, 6.45) is 7.59. The van der Waals surface area contributed by atoms with E-state index in [0.717, 1.165) is 30.9 Å². The fourth-order valence-electron chi connectivity index (χ4n) is 1.72. The average molecular weight is 223 g/mol. The first-order chi connectivity index (χ1) is 6.01. The smallest absolute Gasteiger partial charge is 0.208 e. The lowest BCUT2D eigenvalue weighted by Gasteiger charge is -2.27. The summed E-state index contributed by atoms with van der Waals surface area (Å²) >= 11 is 1.89. The van der Waals surface area contributed by atoms with Crippen molar-refractivity contribution in [2.24, 2.45) is 0 Å². The molecular weight excluding hydrogens is 206 g/mol. The van der Waals surface area contributed by atoms with Gasteiger partial charge in [0.25, 0.3) is 0 Å². The molecule has 1 aliphatic carbocycles. The van der Waals surface area contributed by atoms with Gasteiger partial charge in [-0.15, -0.1) is 0 Å². The van der Waals surface area contributed by atoms with E-state index in [1.165, 1.54) is 6.26 Å². The maximum atomic E-state index is 10.9. The minimum atomic E-state index is -3.00. The molecule has 0 heterocycles. The van der Waals surface area contributed by atoms with Crippen molar-refractivity contribution < 1.29 is 8.42 Å². The molecule has 1 N–H and O–H groups in total. The molecule has 0 aromatic heterocycles. The highest BCUT2D eigenvalue weighted by atomic mass is 32.2. The monoisotopic (exact) mass is 223 g/mol. The molecular formula is C8H17NO2S2. The van der Waals surface area contributed by atoms with E-state index in [9.17, 15) is 8.42 Å². The van der Waals surface area contributed by atoms with Crippen molar-refractivity contribution in [2.75, 3.05) is 12.5 Å². The van der Waals surface area contributed by atoms with Crippen LogP contribution in [0.2, 0.25) is 0 Å². The number of nitrogens with one attached hydrogen (secondary N) is 1. The zero-order chi connectivity index (χ0) is 9.90. The lowest BCUT2D eigenvalue weighted by Crippen LogP contribution is -2.37. The molecule has 0 unspecified atom stereocenters. The number of sulfonamides is 1. The quantitative estimate of drug-likeness (QED) is 0.782.